The molecule has 0 heteroatoms. The third-order valence-corrected chi connectivity index (χ3v) is 2.26. The van der Waals surface area contributed by atoms with E-state index in [4.69, 9.17) is 0 Å². The number of hydrogen-bond donors (Lipinski definition) is 0. The van der Waals surface area contributed by atoms with Crippen molar-refractivity contribution >= 4 is 0 Å². The quantitative estimate of drug-likeness (QED) is 0.536. The van der Waals surface area contributed by atoms with Crippen LogP contribution in [0.25, 0.3) is 0 Å². The highest BCUT2D eigenvalue weighted by molar-refractivity contribution is 5.31. The van der Waals surface area contributed by atoms with E-state index in [1.807, 2.05) is 13.8 Å². The van der Waals surface area contributed by atoms with Crippen molar-refractivity contribution in [1.29, 1.82) is 0 Å². The molecule has 0 radical (unpaired) electrons. The molecule has 0 nitrogen and oxygen atoms in total. The van der Waals surface area contributed by atoms with Gasteiger partial charge in [0.25, 0.3) is 0 Å². The Balaban J connectivity index is 0.000000379. The summed E-state index contributed by atoms with van der Waals surface area (Å²) in [5.41, 5.74) is 3.13. The normalized spacial score (nSPS) is 13.1. The van der Waals surface area contributed by atoms with Crippen LogP contribution in [0.3, 0.4) is 0 Å². The minimum absolute atomic E-state index is 0.873. The number of hydrogen-bond acceptors (Lipinski definition) is 0. The fraction of sp³-hybridized carbons (Fsp3) is 0.429. The van der Waals surface area contributed by atoms with E-state index in [-0.39, 0.29) is 0 Å². The molecule has 0 aromatic heterocycles. The molecular weight excluding hydrogens is 168 g/mol. The van der Waals surface area contributed by atoms with E-state index >= 15 is 0 Å². The predicted molar refractivity (Wildman–Crippen MR) is 65.6 cm³/mol. The largest absolute Gasteiger partial charge is 0.106 e. The van der Waals surface area contributed by atoms with Crippen molar-refractivity contribution in [3.8, 4) is 0 Å². The van der Waals surface area contributed by atoms with Crippen LogP contribution in [0.4, 0.5) is 0 Å². The molecule has 0 saturated carbocycles. The van der Waals surface area contributed by atoms with Crippen molar-refractivity contribution in [3.63, 3.8) is 0 Å². The maximum absolute atomic E-state index is 3.00. The predicted octanol–water partition coefficient (Wildman–Crippen LogP) is 4.25. The van der Waals surface area contributed by atoms with E-state index < -0.39 is 0 Å². The van der Waals surface area contributed by atoms with Gasteiger partial charge in [0.15, 0.2) is 0 Å². The Labute approximate surface area is 88.7 Å². The average molecular weight is 190 g/mol. The van der Waals surface area contributed by atoms with Gasteiger partial charge in [0, 0.05) is 0 Å². The molecule has 1 aliphatic carbocycles. The molecule has 78 valence electrons. The molecule has 0 spiro atoms. The number of rotatable bonds is 0. The second-order valence-corrected chi connectivity index (χ2v) is 3.28. The molecule has 0 saturated heterocycles. The van der Waals surface area contributed by atoms with Crippen LogP contribution in [0.1, 0.15) is 31.9 Å². The maximum atomic E-state index is 3.00. The van der Waals surface area contributed by atoms with Crippen LogP contribution in [0.5, 0.6) is 0 Å². The van der Waals surface area contributed by atoms with Crippen LogP contribution in [0.15, 0.2) is 37.4 Å². The van der Waals surface area contributed by atoms with Crippen LogP contribution in [-0.2, 0) is 12.8 Å². The Bertz CT molecular complexity index is 225. The Kier molecular flexibility index (Phi) is 6.82. The number of fused-ring (bicyclic) bond motifs is 1. The molecule has 0 atom stereocenters. The minimum Gasteiger partial charge on any atom is -0.106 e. The van der Waals surface area contributed by atoms with Crippen molar-refractivity contribution in [2.45, 2.75) is 33.6 Å². The lowest BCUT2D eigenvalue weighted by atomic mass is 10.1. The molecular formula is C14H22. The smallest absolute Gasteiger partial charge is 0.0247 e. The summed E-state index contributed by atoms with van der Waals surface area (Å²) in [5, 5.41) is 0. The van der Waals surface area contributed by atoms with Gasteiger partial charge in [-0.2, -0.15) is 0 Å². The fourth-order valence-electron chi connectivity index (χ4n) is 1.78. The lowest BCUT2D eigenvalue weighted by molar-refractivity contribution is 0.628. The fourth-order valence-corrected chi connectivity index (χ4v) is 1.78. The molecule has 2 rings (SSSR count). The van der Waals surface area contributed by atoms with Gasteiger partial charge in [0.05, 0.1) is 0 Å². The van der Waals surface area contributed by atoms with Crippen molar-refractivity contribution in [1.82, 2.24) is 0 Å². The first-order valence-corrected chi connectivity index (χ1v) is 5.43. The van der Waals surface area contributed by atoms with Gasteiger partial charge >= 0.3 is 0 Å². The zero-order valence-corrected chi connectivity index (χ0v) is 9.72. The molecule has 0 aliphatic heterocycles. The zero-order chi connectivity index (χ0) is 11.0. The summed E-state index contributed by atoms with van der Waals surface area (Å²) in [6.45, 7) is 12.3. The monoisotopic (exact) mass is 190 g/mol. The topological polar surface area (TPSA) is 0 Å². The third kappa shape index (κ3) is 3.37. The first-order chi connectivity index (χ1) is 6.86. The summed E-state index contributed by atoms with van der Waals surface area (Å²) >= 11 is 0. The van der Waals surface area contributed by atoms with Crippen molar-refractivity contribution in [2.75, 3.05) is 0 Å². The summed E-state index contributed by atoms with van der Waals surface area (Å²) in [6, 6.07) is 8.77. The molecule has 0 amide bonds. The van der Waals surface area contributed by atoms with E-state index in [0.29, 0.717) is 0 Å². The molecule has 1 aromatic carbocycles. The van der Waals surface area contributed by atoms with Gasteiger partial charge in [0.2, 0.25) is 0 Å². The van der Waals surface area contributed by atoms with E-state index in [1.165, 1.54) is 12.8 Å². The molecule has 0 fully saturated rings. The van der Waals surface area contributed by atoms with Gasteiger partial charge in [-0.3, -0.25) is 0 Å². The maximum Gasteiger partial charge on any atom is -0.0247 e. The Morgan fingerprint density at radius 2 is 1.36 bits per heavy atom. The SMILES string of the molecule is C=C.CC.CC1Cc2ccccc2C1. The lowest BCUT2D eigenvalue weighted by Crippen LogP contribution is -1.89. The molecule has 1 aromatic rings. The van der Waals surface area contributed by atoms with Gasteiger partial charge in [0.1, 0.15) is 0 Å². The van der Waals surface area contributed by atoms with Crippen LogP contribution in [-0.4, -0.2) is 0 Å². The van der Waals surface area contributed by atoms with E-state index in [1.54, 1.807) is 11.1 Å². The molecule has 0 heterocycles. The van der Waals surface area contributed by atoms with Crippen LogP contribution in [0, 0.1) is 5.92 Å². The first-order valence-electron chi connectivity index (χ1n) is 5.43. The molecule has 0 N–H and O–H groups in total. The van der Waals surface area contributed by atoms with Crippen LogP contribution >= 0.6 is 0 Å². The van der Waals surface area contributed by atoms with E-state index in [0.717, 1.165) is 5.92 Å². The standard InChI is InChI=1S/C10H12.C2H6.C2H4/c1-8-6-9-4-2-3-5-10(9)7-8;2*1-2/h2-5,8H,6-7H2,1H3;1-2H3;1-2H2. The van der Waals surface area contributed by atoms with Gasteiger partial charge in [-0.05, 0) is 29.9 Å². The van der Waals surface area contributed by atoms with Crippen molar-refractivity contribution < 1.29 is 0 Å². The molecule has 0 unspecified atom stereocenters. The highest BCUT2D eigenvalue weighted by Crippen LogP contribution is 2.25. The Morgan fingerprint density at radius 1 is 1.00 bits per heavy atom. The minimum atomic E-state index is 0.873. The summed E-state index contributed by atoms with van der Waals surface area (Å²) < 4.78 is 0. The summed E-state index contributed by atoms with van der Waals surface area (Å²) in [5.74, 6) is 0.873. The van der Waals surface area contributed by atoms with Crippen molar-refractivity contribution in [2.24, 2.45) is 5.92 Å². The second-order valence-electron chi connectivity index (χ2n) is 3.28. The van der Waals surface area contributed by atoms with Gasteiger partial charge in [-0.1, -0.05) is 45.0 Å². The first kappa shape index (κ1) is 13.0. The van der Waals surface area contributed by atoms with Gasteiger partial charge < -0.3 is 0 Å². The van der Waals surface area contributed by atoms with Gasteiger partial charge in [-0.15, -0.1) is 13.2 Å². The number of benzene rings is 1. The van der Waals surface area contributed by atoms with Crippen LogP contribution in [0.2, 0.25) is 0 Å². The summed E-state index contributed by atoms with van der Waals surface area (Å²) in [4.78, 5) is 0. The molecule has 14 heavy (non-hydrogen) atoms. The third-order valence-electron chi connectivity index (χ3n) is 2.26. The van der Waals surface area contributed by atoms with Crippen molar-refractivity contribution in [3.05, 3.63) is 48.6 Å². The average Bonchev–Trinajstić information content (AvgIpc) is 2.64. The second kappa shape index (κ2) is 7.37. The zero-order valence-electron chi connectivity index (χ0n) is 9.72. The lowest BCUT2D eigenvalue weighted by Gasteiger charge is -1.93. The Hall–Kier alpha value is -1.04. The molecule has 0 bridgehead atoms. The highest BCUT2D eigenvalue weighted by Gasteiger charge is 2.15. The highest BCUT2D eigenvalue weighted by atomic mass is 14.2. The van der Waals surface area contributed by atoms with E-state index in [9.17, 15) is 0 Å². The molecule has 1 aliphatic rings. The summed E-state index contributed by atoms with van der Waals surface area (Å²) in [7, 11) is 0. The van der Waals surface area contributed by atoms with Crippen LogP contribution < -0.4 is 0 Å². The Morgan fingerprint density at radius 3 is 1.71 bits per heavy atom. The summed E-state index contributed by atoms with van der Waals surface area (Å²) in [6.07, 6.45) is 2.58. The van der Waals surface area contributed by atoms with E-state index in [2.05, 4.69) is 44.3 Å². The van der Waals surface area contributed by atoms with Gasteiger partial charge in [-0.25, -0.2) is 0 Å².